The number of carbonyl (C=O) groups is 1. The molecule has 2 unspecified atom stereocenters. The van der Waals surface area contributed by atoms with Gasteiger partial charge in [-0.15, -0.1) is 0 Å². The van der Waals surface area contributed by atoms with E-state index in [4.69, 9.17) is 4.74 Å². The van der Waals surface area contributed by atoms with E-state index >= 15 is 0 Å². The lowest BCUT2D eigenvalue weighted by molar-refractivity contribution is -0.136. The number of ether oxygens (including phenoxy) is 1. The summed E-state index contributed by atoms with van der Waals surface area (Å²) in [4.78, 5) is 15.8. The Bertz CT molecular complexity index is 1070. The monoisotopic (exact) mass is 537 g/mol. The van der Waals surface area contributed by atoms with Gasteiger partial charge >= 0.3 is 0 Å². The highest BCUT2D eigenvalue weighted by molar-refractivity contribution is 7.88. The molecule has 4 aliphatic carbocycles. The highest BCUT2D eigenvalue weighted by Gasteiger charge is 2.55. The molecule has 1 aliphatic heterocycles. The van der Waals surface area contributed by atoms with Gasteiger partial charge in [-0.2, -0.15) is 5.10 Å². The SMILES string of the molecule is CC(C)COc1c(C(=O)N[C@H]2C3CC4CC2C[C@](O)(C4)C3)cnn1CCN1CCC(NS(C)(=O)=O)CC1. The number of hydrogen-bond donors (Lipinski definition) is 3. The summed E-state index contributed by atoms with van der Waals surface area (Å²) in [6, 6.07) is 0.0922. The molecule has 0 spiro atoms. The summed E-state index contributed by atoms with van der Waals surface area (Å²) in [7, 11) is -3.19. The molecule has 4 bridgehead atoms. The number of aromatic nitrogens is 2. The van der Waals surface area contributed by atoms with Crippen molar-refractivity contribution in [2.24, 2.45) is 23.7 Å². The van der Waals surface area contributed by atoms with E-state index in [1.807, 2.05) is 0 Å². The van der Waals surface area contributed by atoms with Gasteiger partial charge in [0.25, 0.3) is 5.91 Å². The van der Waals surface area contributed by atoms with Crippen LogP contribution in [0, 0.1) is 23.7 Å². The predicted molar refractivity (Wildman–Crippen MR) is 140 cm³/mol. The molecule has 1 amide bonds. The molecular weight excluding hydrogens is 494 g/mol. The predicted octanol–water partition coefficient (Wildman–Crippen LogP) is 1.60. The maximum atomic E-state index is 13.5. The molecule has 3 N–H and O–H groups in total. The average Bonchev–Trinajstić information content (AvgIpc) is 3.20. The van der Waals surface area contributed by atoms with Gasteiger partial charge < -0.3 is 20.1 Å². The first-order valence-corrected chi connectivity index (χ1v) is 15.8. The molecule has 5 aliphatic rings. The molecule has 10 nitrogen and oxygen atoms in total. The van der Waals surface area contributed by atoms with Crippen molar-refractivity contribution in [2.75, 3.05) is 32.5 Å². The van der Waals surface area contributed by atoms with Crippen LogP contribution in [0.2, 0.25) is 0 Å². The molecule has 1 aromatic heterocycles. The number of hydrogen-bond acceptors (Lipinski definition) is 7. The van der Waals surface area contributed by atoms with Crippen LogP contribution in [0.4, 0.5) is 0 Å². The topological polar surface area (TPSA) is 126 Å². The summed E-state index contributed by atoms with van der Waals surface area (Å²) in [5.74, 6) is 1.97. The van der Waals surface area contributed by atoms with Crippen molar-refractivity contribution in [2.45, 2.75) is 83.0 Å². The lowest BCUT2D eigenvalue weighted by atomic mass is 9.52. The minimum atomic E-state index is -3.19. The molecule has 6 rings (SSSR count). The number of piperidine rings is 1. The zero-order valence-electron chi connectivity index (χ0n) is 22.4. The third kappa shape index (κ3) is 6.32. The first-order valence-electron chi connectivity index (χ1n) is 13.9. The lowest BCUT2D eigenvalue weighted by Crippen LogP contribution is -2.61. The van der Waals surface area contributed by atoms with Crippen molar-refractivity contribution in [3.8, 4) is 5.88 Å². The minimum absolute atomic E-state index is 0.0120. The Labute approximate surface area is 220 Å². The van der Waals surface area contributed by atoms with Gasteiger partial charge in [0.15, 0.2) is 0 Å². The number of carbonyl (C=O) groups excluding carboxylic acids is 1. The highest BCUT2D eigenvalue weighted by Crippen LogP contribution is 2.55. The molecular formula is C26H43N5O5S. The van der Waals surface area contributed by atoms with Gasteiger partial charge in [0, 0.05) is 18.6 Å². The molecule has 4 saturated carbocycles. The number of aliphatic hydroxyl groups is 1. The van der Waals surface area contributed by atoms with Crippen LogP contribution in [0.15, 0.2) is 6.20 Å². The van der Waals surface area contributed by atoms with Crippen molar-refractivity contribution >= 4 is 15.9 Å². The van der Waals surface area contributed by atoms with E-state index in [-0.39, 0.29) is 18.0 Å². The summed E-state index contributed by atoms with van der Waals surface area (Å²) in [6.07, 6.45) is 9.06. The lowest BCUT2D eigenvalue weighted by Gasteiger charge is -2.58. The quantitative estimate of drug-likeness (QED) is 0.414. The van der Waals surface area contributed by atoms with Gasteiger partial charge in [0.1, 0.15) is 5.56 Å². The second kappa shape index (κ2) is 10.5. The smallest absolute Gasteiger partial charge is 0.258 e. The molecule has 1 aromatic rings. The van der Waals surface area contributed by atoms with E-state index in [1.54, 1.807) is 10.9 Å². The number of likely N-dealkylation sites (tertiary alicyclic amines) is 1. The second-order valence-corrected chi connectivity index (χ2v) is 14.3. The molecule has 0 aromatic carbocycles. The van der Waals surface area contributed by atoms with Crippen LogP contribution < -0.4 is 14.8 Å². The first kappa shape index (κ1) is 26.9. The zero-order chi connectivity index (χ0) is 26.4. The van der Waals surface area contributed by atoms with Crippen LogP contribution in [0.3, 0.4) is 0 Å². The Hall–Kier alpha value is -1.69. The van der Waals surface area contributed by atoms with Gasteiger partial charge in [-0.25, -0.2) is 17.8 Å². The van der Waals surface area contributed by atoms with Crippen LogP contribution in [-0.4, -0.2) is 84.3 Å². The average molecular weight is 538 g/mol. The van der Waals surface area contributed by atoms with Crippen molar-refractivity contribution < 1.29 is 23.1 Å². The van der Waals surface area contributed by atoms with Crippen LogP contribution >= 0.6 is 0 Å². The van der Waals surface area contributed by atoms with Gasteiger partial charge in [-0.3, -0.25) is 4.79 Å². The van der Waals surface area contributed by atoms with Crippen LogP contribution in [-0.2, 0) is 16.6 Å². The van der Waals surface area contributed by atoms with E-state index in [0.29, 0.717) is 48.3 Å². The molecule has 1 saturated heterocycles. The largest absolute Gasteiger partial charge is 0.477 e. The fraction of sp³-hybridized carbons (Fsp3) is 0.846. The van der Waals surface area contributed by atoms with E-state index < -0.39 is 15.6 Å². The highest BCUT2D eigenvalue weighted by atomic mass is 32.2. The van der Waals surface area contributed by atoms with E-state index in [2.05, 4.69) is 33.9 Å². The Morgan fingerprint density at radius 3 is 2.46 bits per heavy atom. The molecule has 5 fully saturated rings. The maximum Gasteiger partial charge on any atom is 0.258 e. The molecule has 11 heteroatoms. The molecule has 2 atom stereocenters. The molecule has 0 radical (unpaired) electrons. The zero-order valence-corrected chi connectivity index (χ0v) is 23.2. The van der Waals surface area contributed by atoms with Gasteiger partial charge in [0.05, 0.1) is 31.2 Å². The van der Waals surface area contributed by atoms with Gasteiger partial charge in [0.2, 0.25) is 15.9 Å². The second-order valence-electron chi connectivity index (χ2n) is 12.5. The number of rotatable bonds is 10. The third-order valence-electron chi connectivity index (χ3n) is 8.72. The number of amides is 1. The van der Waals surface area contributed by atoms with E-state index in [1.165, 1.54) is 6.26 Å². The third-order valence-corrected chi connectivity index (χ3v) is 9.49. The van der Waals surface area contributed by atoms with Gasteiger partial charge in [-0.05, 0) is 81.7 Å². The van der Waals surface area contributed by atoms with Crippen LogP contribution in [0.1, 0.15) is 69.2 Å². The summed E-state index contributed by atoms with van der Waals surface area (Å²) in [6.45, 7) is 7.61. The van der Waals surface area contributed by atoms with Crippen molar-refractivity contribution in [3.05, 3.63) is 11.8 Å². The molecule has 37 heavy (non-hydrogen) atoms. The molecule has 208 valence electrons. The Morgan fingerprint density at radius 2 is 1.86 bits per heavy atom. The Kier molecular flexibility index (Phi) is 7.61. The summed E-state index contributed by atoms with van der Waals surface area (Å²) in [5, 5.41) is 18.7. The van der Waals surface area contributed by atoms with E-state index in [0.717, 1.165) is 64.6 Å². The maximum absolute atomic E-state index is 13.5. The number of sulfonamides is 1. The molecule has 2 heterocycles. The van der Waals surface area contributed by atoms with Crippen LogP contribution in [0.25, 0.3) is 0 Å². The fourth-order valence-electron chi connectivity index (χ4n) is 7.35. The number of nitrogens with one attached hydrogen (secondary N) is 2. The number of nitrogens with zero attached hydrogens (tertiary/aromatic N) is 3. The Balaban J connectivity index is 1.22. The minimum Gasteiger partial charge on any atom is -0.477 e. The van der Waals surface area contributed by atoms with Crippen molar-refractivity contribution in [1.29, 1.82) is 0 Å². The summed E-state index contributed by atoms with van der Waals surface area (Å²) < 4.78 is 33.7. The standard InChI is InChI=1S/C26H43N5O5S/c1-17(2)16-36-25-22(24(32)28-23-19-10-18-11-20(23)14-26(33,12-18)13-19)15-27-31(25)9-8-30-6-4-21(5-7-30)29-37(3,34)35/h15,17-21,23,29,33H,4-14,16H2,1-3H3,(H,28,32)/t18?,19?,20?,23-,26-. The van der Waals surface area contributed by atoms with Gasteiger partial charge in [-0.1, -0.05) is 13.8 Å². The van der Waals surface area contributed by atoms with Crippen LogP contribution in [0.5, 0.6) is 5.88 Å². The first-order chi connectivity index (χ1) is 17.5. The van der Waals surface area contributed by atoms with Crippen molar-refractivity contribution in [3.63, 3.8) is 0 Å². The normalized spacial score (nSPS) is 32.2. The van der Waals surface area contributed by atoms with Crippen molar-refractivity contribution in [1.82, 2.24) is 24.7 Å². The fourth-order valence-corrected chi connectivity index (χ4v) is 8.19. The summed E-state index contributed by atoms with van der Waals surface area (Å²) in [5.41, 5.74) is -0.0482. The van der Waals surface area contributed by atoms with E-state index in [9.17, 15) is 18.3 Å². The Morgan fingerprint density at radius 1 is 1.19 bits per heavy atom. The summed E-state index contributed by atoms with van der Waals surface area (Å²) >= 11 is 0.